The summed E-state index contributed by atoms with van der Waals surface area (Å²) in [5.41, 5.74) is 2.23. The first-order valence-electron chi connectivity index (χ1n) is 8.69. The van der Waals surface area contributed by atoms with E-state index in [0.29, 0.717) is 5.92 Å². The summed E-state index contributed by atoms with van der Waals surface area (Å²) in [6.07, 6.45) is 2.26. The predicted octanol–water partition coefficient (Wildman–Crippen LogP) is 3.17. The average Bonchev–Trinajstić information content (AvgIpc) is 3.09. The lowest BCUT2D eigenvalue weighted by Gasteiger charge is -2.31. The Morgan fingerprint density at radius 3 is 2.92 bits per heavy atom. The van der Waals surface area contributed by atoms with E-state index in [1.54, 1.807) is 25.4 Å². The van der Waals surface area contributed by atoms with Crippen molar-refractivity contribution in [2.45, 2.75) is 26.3 Å². The molecule has 0 bridgehead atoms. The largest absolute Gasteiger partial charge is 0.497 e. The Balaban J connectivity index is 1.53. The van der Waals surface area contributed by atoms with Gasteiger partial charge in [-0.3, -0.25) is 9.69 Å². The summed E-state index contributed by atoms with van der Waals surface area (Å²) in [5.74, 6) is 1.52. The fraction of sp³-hybridized carbons (Fsp3) is 0.474. The van der Waals surface area contributed by atoms with Gasteiger partial charge in [0.25, 0.3) is 0 Å². The second kappa shape index (κ2) is 8.45. The summed E-state index contributed by atoms with van der Waals surface area (Å²) in [7, 11) is 1.68. The van der Waals surface area contributed by atoms with E-state index in [-0.39, 0.29) is 5.91 Å². The van der Waals surface area contributed by atoms with Crippen molar-refractivity contribution >= 4 is 17.2 Å². The smallest absolute Gasteiger partial charge is 0.216 e. The minimum absolute atomic E-state index is 0.0648. The van der Waals surface area contributed by atoms with Gasteiger partial charge in [-0.25, -0.2) is 4.98 Å². The Hall–Kier alpha value is -1.92. The molecule has 134 valence electrons. The second-order valence-corrected chi connectivity index (χ2v) is 7.39. The van der Waals surface area contributed by atoms with Gasteiger partial charge in [-0.1, -0.05) is 12.1 Å². The van der Waals surface area contributed by atoms with Gasteiger partial charge in [0, 0.05) is 31.0 Å². The number of ether oxygens (including phenoxy) is 1. The average molecular weight is 359 g/mol. The lowest BCUT2D eigenvalue weighted by Crippen LogP contribution is -2.37. The Morgan fingerprint density at radius 1 is 1.40 bits per heavy atom. The third kappa shape index (κ3) is 5.03. The van der Waals surface area contributed by atoms with Crippen LogP contribution in [0.3, 0.4) is 0 Å². The van der Waals surface area contributed by atoms with Gasteiger partial charge < -0.3 is 10.1 Å². The maximum absolute atomic E-state index is 11.0. The number of thiazole rings is 1. The van der Waals surface area contributed by atoms with E-state index in [2.05, 4.69) is 21.7 Å². The van der Waals surface area contributed by atoms with Crippen LogP contribution in [0.25, 0.3) is 10.6 Å². The van der Waals surface area contributed by atoms with Crippen LogP contribution in [0.1, 0.15) is 25.5 Å². The summed E-state index contributed by atoms with van der Waals surface area (Å²) >= 11 is 1.68. The standard InChI is InChI=1S/C19H25N3O2S/c1-14(23)20-11-15-6-8-22(9-7-15)12-17-13-25-19(21-17)16-4-3-5-18(10-16)24-2/h3-5,10,13,15H,6-9,11-12H2,1-2H3,(H,20,23). The SMILES string of the molecule is COc1cccc(-c2nc(CN3CCC(CNC(C)=O)CC3)cs2)c1. The van der Waals surface area contributed by atoms with Crippen molar-refractivity contribution in [3.63, 3.8) is 0 Å². The number of hydrogen-bond acceptors (Lipinski definition) is 5. The van der Waals surface area contributed by atoms with Crippen LogP contribution in [0.5, 0.6) is 5.75 Å². The quantitative estimate of drug-likeness (QED) is 0.861. The predicted molar refractivity (Wildman–Crippen MR) is 101 cm³/mol. The minimum Gasteiger partial charge on any atom is -0.497 e. The third-order valence-corrected chi connectivity index (χ3v) is 5.54. The monoisotopic (exact) mass is 359 g/mol. The molecule has 2 heterocycles. The molecule has 0 radical (unpaired) electrons. The van der Waals surface area contributed by atoms with Crippen LogP contribution in [0, 0.1) is 5.92 Å². The molecule has 6 heteroatoms. The number of piperidine rings is 1. The fourth-order valence-corrected chi connectivity index (χ4v) is 3.94. The van der Waals surface area contributed by atoms with Crippen molar-refractivity contribution in [2.75, 3.05) is 26.7 Å². The van der Waals surface area contributed by atoms with Crippen molar-refractivity contribution in [3.8, 4) is 16.3 Å². The van der Waals surface area contributed by atoms with Crippen LogP contribution in [-0.2, 0) is 11.3 Å². The van der Waals surface area contributed by atoms with E-state index in [9.17, 15) is 4.79 Å². The zero-order valence-corrected chi connectivity index (χ0v) is 15.6. The number of aromatic nitrogens is 1. The summed E-state index contributed by atoms with van der Waals surface area (Å²) in [4.78, 5) is 18.3. The molecule has 1 aromatic carbocycles. The van der Waals surface area contributed by atoms with E-state index in [4.69, 9.17) is 9.72 Å². The molecule has 0 saturated carbocycles. The highest BCUT2D eigenvalue weighted by Crippen LogP contribution is 2.27. The number of likely N-dealkylation sites (tertiary alicyclic amines) is 1. The van der Waals surface area contributed by atoms with Gasteiger partial charge in [0.05, 0.1) is 12.8 Å². The van der Waals surface area contributed by atoms with Crippen LogP contribution < -0.4 is 10.1 Å². The van der Waals surface area contributed by atoms with Crippen LogP contribution >= 0.6 is 11.3 Å². The molecule has 1 aliphatic rings. The highest BCUT2D eigenvalue weighted by atomic mass is 32.1. The number of benzene rings is 1. The number of methoxy groups -OCH3 is 1. The zero-order valence-electron chi connectivity index (χ0n) is 14.8. The fourth-order valence-electron chi connectivity index (χ4n) is 3.13. The van der Waals surface area contributed by atoms with Gasteiger partial charge >= 0.3 is 0 Å². The van der Waals surface area contributed by atoms with Crippen molar-refractivity contribution < 1.29 is 9.53 Å². The molecular formula is C19H25N3O2S. The minimum atomic E-state index is 0.0648. The molecule has 1 aromatic heterocycles. The van der Waals surface area contributed by atoms with Crippen LogP contribution in [-0.4, -0.2) is 42.5 Å². The highest BCUT2D eigenvalue weighted by molar-refractivity contribution is 7.13. The van der Waals surface area contributed by atoms with Gasteiger partial charge in [-0.2, -0.15) is 0 Å². The van der Waals surface area contributed by atoms with Crippen LogP contribution in [0.4, 0.5) is 0 Å². The van der Waals surface area contributed by atoms with E-state index < -0.39 is 0 Å². The molecule has 25 heavy (non-hydrogen) atoms. The lowest BCUT2D eigenvalue weighted by atomic mass is 9.97. The molecule has 0 spiro atoms. The molecule has 1 N–H and O–H groups in total. The summed E-state index contributed by atoms with van der Waals surface area (Å²) < 4.78 is 5.29. The molecule has 5 nitrogen and oxygen atoms in total. The van der Waals surface area contributed by atoms with Gasteiger partial charge in [-0.05, 0) is 44.0 Å². The van der Waals surface area contributed by atoms with Gasteiger partial charge in [-0.15, -0.1) is 11.3 Å². The summed E-state index contributed by atoms with van der Waals surface area (Å²) in [6.45, 7) is 5.41. The number of nitrogens with zero attached hydrogens (tertiary/aromatic N) is 2. The Kier molecular flexibility index (Phi) is 6.04. The molecule has 1 aliphatic heterocycles. The molecule has 0 atom stereocenters. The Labute approximate surface area is 153 Å². The number of carbonyl (C=O) groups excluding carboxylic acids is 1. The van der Waals surface area contributed by atoms with Crippen molar-refractivity contribution in [3.05, 3.63) is 35.3 Å². The summed E-state index contributed by atoms with van der Waals surface area (Å²) in [6, 6.07) is 8.03. The molecule has 0 aliphatic carbocycles. The lowest BCUT2D eigenvalue weighted by molar-refractivity contribution is -0.119. The first-order chi connectivity index (χ1) is 12.1. The third-order valence-electron chi connectivity index (χ3n) is 4.60. The molecule has 1 saturated heterocycles. The van der Waals surface area contributed by atoms with E-state index in [1.807, 2.05) is 18.2 Å². The highest BCUT2D eigenvalue weighted by Gasteiger charge is 2.20. The maximum atomic E-state index is 11.0. The van der Waals surface area contributed by atoms with Gasteiger partial charge in [0.15, 0.2) is 0 Å². The number of amides is 1. The number of nitrogens with one attached hydrogen (secondary N) is 1. The van der Waals surface area contributed by atoms with Crippen molar-refractivity contribution in [1.82, 2.24) is 15.2 Å². The summed E-state index contributed by atoms with van der Waals surface area (Å²) in [5, 5.41) is 6.12. The molecule has 0 unspecified atom stereocenters. The molecular weight excluding hydrogens is 334 g/mol. The number of carbonyl (C=O) groups is 1. The number of rotatable bonds is 6. The molecule has 3 rings (SSSR count). The Morgan fingerprint density at radius 2 is 2.20 bits per heavy atom. The topological polar surface area (TPSA) is 54.5 Å². The first kappa shape index (κ1) is 17.9. The van der Waals surface area contributed by atoms with Gasteiger partial charge in [0.2, 0.25) is 5.91 Å². The van der Waals surface area contributed by atoms with Crippen molar-refractivity contribution in [2.24, 2.45) is 5.92 Å². The maximum Gasteiger partial charge on any atom is 0.216 e. The Bertz CT molecular complexity index is 708. The van der Waals surface area contributed by atoms with E-state index in [1.165, 1.54) is 0 Å². The zero-order chi connectivity index (χ0) is 17.6. The molecule has 1 amide bonds. The molecule has 1 fully saturated rings. The normalized spacial score (nSPS) is 15.9. The van der Waals surface area contributed by atoms with Crippen LogP contribution in [0.2, 0.25) is 0 Å². The molecule has 2 aromatic rings. The first-order valence-corrected chi connectivity index (χ1v) is 9.57. The second-order valence-electron chi connectivity index (χ2n) is 6.53. The van der Waals surface area contributed by atoms with E-state index >= 15 is 0 Å². The van der Waals surface area contributed by atoms with E-state index in [0.717, 1.165) is 61.0 Å². The van der Waals surface area contributed by atoms with Crippen LogP contribution in [0.15, 0.2) is 29.6 Å². The van der Waals surface area contributed by atoms with Gasteiger partial charge in [0.1, 0.15) is 10.8 Å². The van der Waals surface area contributed by atoms with Crippen molar-refractivity contribution in [1.29, 1.82) is 0 Å². The number of hydrogen-bond donors (Lipinski definition) is 1.